The van der Waals surface area contributed by atoms with E-state index in [1.807, 2.05) is 54.6 Å². The number of likely N-dealkylation sites (tertiary alicyclic amines) is 1. The van der Waals surface area contributed by atoms with Gasteiger partial charge >= 0.3 is 0 Å². The van der Waals surface area contributed by atoms with Crippen LogP contribution in [0.1, 0.15) is 16.1 Å². The number of H-pyrrole nitrogens is 1. The molecule has 1 saturated heterocycles. The zero-order valence-corrected chi connectivity index (χ0v) is 16.4. The topological polar surface area (TPSA) is 82.1 Å². The molecule has 2 atom stereocenters. The summed E-state index contributed by atoms with van der Waals surface area (Å²) in [7, 11) is 0. The first-order chi connectivity index (χ1) is 14.7. The summed E-state index contributed by atoms with van der Waals surface area (Å²) in [5, 5.41) is 18.5. The number of hydrogen-bond acceptors (Lipinski definition) is 4. The van der Waals surface area contributed by atoms with E-state index in [9.17, 15) is 9.90 Å². The number of amides is 1. The van der Waals surface area contributed by atoms with Crippen LogP contribution < -0.4 is 0 Å². The molecule has 150 valence electrons. The van der Waals surface area contributed by atoms with Crippen LogP contribution in [0.2, 0.25) is 0 Å². The van der Waals surface area contributed by atoms with Gasteiger partial charge in [0.05, 0.1) is 17.8 Å². The smallest absolute Gasteiger partial charge is 0.253 e. The summed E-state index contributed by atoms with van der Waals surface area (Å²) in [6, 6.07) is 19.6. The molecule has 0 bridgehead atoms. The normalized spacial score (nSPS) is 18.8. The van der Waals surface area contributed by atoms with Gasteiger partial charge in [-0.05, 0) is 36.2 Å². The number of carbonyl (C=O) groups is 1. The third kappa shape index (κ3) is 3.57. The second-order valence-electron chi connectivity index (χ2n) is 7.80. The number of aliphatic hydroxyl groups excluding tert-OH is 1. The van der Waals surface area contributed by atoms with Crippen molar-refractivity contribution in [3.8, 4) is 11.1 Å². The number of aliphatic hydroxyl groups is 1. The molecule has 0 unspecified atom stereocenters. The molecule has 2 aromatic heterocycles. The van der Waals surface area contributed by atoms with E-state index in [0.29, 0.717) is 25.1 Å². The Morgan fingerprint density at radius 2 is 1.97 bits per heavy atom. The molecular weight excluding hydrogens is 376 g/mol. The zero-order valence-electron chi connectivity index (χ0n) is 16.4. The Balaban J connectivity index is 1.31. The maximum Gasteiger partial charge on any atom is 0.253 e. The van der Waals surface area contributed by atoms with Gasteiger partial charge in [0.25, 0.3) is 5.91 Å². The average molecular weight is 398 g/mol. The molecule has 0 saturated carbocycles. The van der Waals surface area contributed by atoms with E-state index in [4.69, 9.17) is 4.98 Å². The van der Waals surface area contributed by atoms with Gasteiger partial charge in [-0.15, -0.1) is 0 Å². The highest BCUT2D eigenvalue weighted by Gasteiger charge is 2.34. The van der Waals surface area contributed by atoms with Crippen molar-refractivity contribution in [3.05, 3.63) is 84.3 Å². The van der Waals surface area contributed by atoms with Gasteiger partial charge in [-0.1, -0.05) is 36.4 Å². The Hall–Kier alpha value is -3.51. The number of aromatic amines is 1. The van der Waals surface area contributed by atoms with E-state index in [1.54, 1.807) is 17.3 Å². The molecular formula is C24H22N4O2. The van der Waals surface area contributed by atoms with Crippen LogP contribution >= 0.6 is 0 Å². The van der Waals surface area contributed by atoms with Crippen molar-refractivity contribution >= 4 is 16.8 Å². The number of benzene rings is 2. The molecule has 6 nitrogen and oxygen atoms in total. The van der Waals surface area contributed by atoms with E-state index in [2.05, 4.69) is 16.3 Å². The summed E-state index contributed by atoms with van der Waals surface area (Å²) in [5.41, 5.74) is 4.38. The first-order valence-corrected chi connectivity index (χ1v) is 10.1. The molecule has 1 aliphatic rings. The van der Waals surface area contributed by atoms with Crippen molar-refractivity contribution < 1.29 is 9.90 Å². The Labute approximate surface area is 174 Å². The van der Waals surface area contributed by atoms with E-state index in [-0.39, 0.29) is 11.8 Å². The Kier molecular flexibility index (Phi) is 4.77. The third-order valence-electron chi connectivity index (χ3n) is 5.76. The standard InChI is InChI=1S/C24H22N4O2/c29-23-15-28(24(30)18-6-3-5-17(10-18)20-12-25-26-13-20)14-19(23)11-21-9-8-16-4-1-2-7-22(16)27-21/h1-10,12-13,19,23,29H,11,14-15H2,(H,25,26)/t19-,23-/m1/s1. The quantitative estimate of drug-likeness (QED) is 0.553. The van der Waals surface area contributed by atoms with Crippen LogP contribution in [-0.4, -0.2) is 50.3 Å². The minimum atomic E-state index is -0.556. The number of β-amino-alcohol motifs (C(OH)–C–C–N with tert-alkyl or cyclic N) is 1. The van der Waals surface area contributed by atoms with Crippen LogP contribution in [0, 0.1) is 5.92 Å². The number of hydrogen-bond donors (Lipinski definition) is 2. The summed E-state index contributed by atoms with van der Waals surface area (Å²) >= 11 is 0. The highest BCUT2D eigenvalue weighted by Crippen LogP contribution is 2.25. The minimum absolute atomic E-state index is 0.0281. The molecule has 0 spiro atoms. The van der Waals surface area contributed by atoms with E-state index < -0.39 is 6.10 Å². The third-order valence-corrected chi connectivity index (χ3v) is 5.76. The minimum Gasteiger partial charge on any atom is -0.391 e. The number of aromatic nitrogens is 3. The number of nitrogens with zero attached hydrogens (tertiary/aromatic N) is 3. The lowest BCUT2D eigenvalue weighted by Gasteiger charge is -2.16. The van der Waals surface area contributed by atoms with Crippen LogP contribution in [0.15, 0.2) is 73.1 Å². The largest absolute Gasteiger partial charge is 0.391 e. The second kappa shape index (κ2) is 7.72. The maximum absolute atomic E-state index is 13.1. The van der Waals surface area contributed by atoms with E-state index >= 15 is 0 Å². The van der Waals surface area contributed by atoms with Crippen molar-refractivity contribution in [3.63, 3.8) is 0 Å². The zero-order chi connectivity index (χ0) is 20.5. The van der Waals surface area contributed by atoms with Gasteiger partial charge in [0.15, 0.2) is 0 Å². The first-order valence-electron chi connectivity index (χ1n) is 10.1. The monoisotopic (exact) mass is 398 g/mol. The maximum atomic E-state index is 13.1. The molecule has 6 heteroatoms. The van der Waals surface area contributed by atoms with Crippen molar-refractivity contribution in [2.75, 3.05) is 13.1 Å². The molecule has 1 aliphatic heterocycles. The van der Waals surface area contributed by atoms with Gasteiger partial charge in [0.2, 0.25) is 0 Å². The highest BCUT2D eigenvalue weighted by atomic mass is 16.3. The predicted molar refractivity (Wildman–Crippen MR) is 115 cm³/mol. The number of rotatable bonds is 4. The first kappa shape index (κ1) is 18.5. The Morgan fingerprint density at radius 1 is 1.07 bits per heavy atom. The Bertz CT molecular complexity index is 1190. The molecule has 1 fully saturated rings. The van der Waals surface area contributed by atoms with Gasteiger partial charge in [-0.3, -0.25) is 14.9 Å². The van der Waals surface area contributed by atoms with Crippen molar-refractivity contribution in [1.82, 2.24) is 20.1 Å². The van der Waals surface area contributed by atoms with Crippen LogP contribution in [0.5, 0.6) is 0 Å². The van der Waals surface area contributed by atoms with Gasteiger partial charge < -0.3 is 10.0 Å². The van der Waals surface area contributed by atoms with Crippen molar-refractivity contribution in [1.29, 1.82) is 0 Å². The number of carbonyl (C=O) groups excluding carboxylic acids is 1. The van der Waals surface area contributed by atoms with Crippen LogP contribution in [0.3, 0.4) is 0 Å². The second-order valence-corrected chi connectivity index (χ2v) is 7.80. The summed E-state index contributed by atoms with van der Waals surface area (Å²) in [6.07, 6.45) is 3.62. The van der Waals surface area contributed by atoms with Crippen molar-refractivity contribution in [2.45, 2.75) is 12.5 Å². The summed E-state index contributed by atoms with van der Waals surface area (Å²) in [4.78, 5) is 19.5. The molecule has 2 aromatic carbocycles. The highest BCUT2D eigenvalue weighted by molar-refractivity contribution is 5.95. The lowest BCUT2D eigenvalue weighted by Crippen LogP contribution is -2.29. The molecule has 1 amide bonds. The molecule has 0 aliphatic carbocycles. The summed E-state index contributed by atoms with van der Waals surface area (Å²) in [5.74, 6) is -0.0898. The number of pyridine rings is 1. The lowest BCUT2D eigenvalue weighted by molar-refractivity contribution is 0.0764. The SMILES string of the molecule is O=C(c1cccc(-c2cn[nH]c2)c1)N1C[C@@H](Cc2ccc3ccccc3n2)[C@H](O)C1. The molecule has 3 heterocycles. The Morgan fingerprint density at radius 3 is 2.83 bits per heavy atom. The summed E-state index contributed by atoms with van der Waals surface area (Å²) < 4.78 is 0. The van der Waals surface area contributed by atoms with E-state index in [0.717, 1.165) is 27.7 Å². The van der Waals surface area contributed by atoms with Gasteiger partial charge in [0.1, 0.15) is 0 Å². The van der Waals surface area contributed by atoms with Crippen LogP contribution in [0.4, 0.5) is 0 Å². The molecule has 2 N–H and O–H groups in total. The van der Waals surface area contributed by atoms with Crippen molar-refractivity contribution in [2.24, 2.45) is 5.92 Å². The van der Waals surface area contributed by atoms with Gasteiger partial charge in [-0.25, -0.2) is 0 Å². The number of fused-ring (bicyclic) bond motifs is 1. The predicted octanol–water partition coefficient (Wildman–Crippen LogP) is 3.30. The molecule has 30 heavy (non-hydrogen) atoms. The van der Waals surface area contributed by atoms with Crippen LogP contribution in [-0.2, 0) is 6.42 Å². The lowest BCUT2D eigenvalue weighted by atomic mass is 9.99. The van der Waals surface area contributed by atoms with Gasteiger partial charge in [-0.2, -0.15) is 5.10 Å². The number of nitrogens with one attached hydrogen (secondary N) is 1. The molecule has 4 aromatic rings. The number of para-hydroxylation sites is 1. The van der Waals surface area contributed by atoms with E-state index in [1.165, 1.54) is 0 Å². The fraction of sp³-hybridized carbons (Fsp3) is 0.208. The molecule has 0 radical (unpaired) electrons. The average Bonchev–Trinajstić information content (AvgIpc) is 3.44. The molecule has 5 rings (SSSR count). The summed E-state index contributed by atoms with van der Waals surface area (Å²) in [6.45, 7) is 0.859. The van der Waals surface area contributed by atoms with Crippen LogP contribution in [0.25, 0.3) is 22.0 Å². The fourth-order valence-electron chi connectivity index (χ4n) is 4.13. The van der Waals surface area contributed by atoms with Gasteiger partial charge in [0, 0.05) is 47.4 Å². The fourth-order valence-corrected chi connectivity index (χ4v) is 4.13.